The van der Waals surface area contributed by atoms with E-state index in [9.17, 15) is 18.0 Å². The number of aryl methyl sites for hydroxylation is 1. The Hall–Kier alpha value is -2.62. The van der Waals surface area contributed by atoms with Crippen LogP contribution in [0.3, 0.4) is 0 Å². The summed E-state index contributed by atoms with van der Waals surface area (Å²) >= 11 is 5.95. The first kappa shape index (κ1) is 23.7. The van der Waals surface area contributed by atoms with Crippen molar-refractivity contribution in [3.63, 3.8) is 0 Å². The lowest BCUT2D eigenvalue weighted by atomic mass is 10.2. The molecule has 0 aromatic heterocycles. The number of ether oxygens (including phenoxy) is 2. The van der Waals surface area contributed by atoms with Gasteiger partial charge in [-0.1, -0.05) is 11.6 Å². The Morgan fingerprint density at radius 2 is 1.83 bits per heavy atom. The Morgan fingerprint density at radius 3 is 2.43 bits per heavy atom. The number of hydrogen-bond donors (Lipinski definition) is 2. The highest BCUT2D eigenvalue weighted by Gasteiger charge is 2.18. The summed E-state index contributed by atoms with van der Waals surface area (Å²) in [7, 11) is -3.81. The molecule has 0 aliphatic heterocycles. The molecule has 10 heteroatoms. The Morgan fingerprint density at radius 1 is 1.17 bits per heavy atom. The summed E-state index contributed by atoms with van der Waals surface area (Å²) < 4.78 is 33.1. The molecule has 0 aliphatic carbocycles. The van der Waals surface area contributed by atoms with E-state index in [2.05, 4.69) is 5.32 Å². The smallest absolute Gasteiger partial charge is 0.306 e. The first-order valence-electron chi connectivity index (χ1n) is 9.08. The van der Waals surface area contributed by atoms with Crippen molar-refractivity contribution in [2.24, 2.45) is 5.14 Å². The molecule has 2 aromatic rings. The number of benzene rings is 2. The lowest BCUT2D eigenvalue weighted by molar-refractivity contribution is -0.153. The van der Waals surface area contributed by atoms with Gasteiger partial charge >= 0.3 is 5.97 Å². The number of rotatable bonds is 9. The normalized spacial score (nSPS) is 12.1. The van der Waals surface area contributed by atoms with Gasteiger partial charge in [-0.2, -0.15) is 0 Å². The SMILES string of the molecule is Cc1cc(OCCCC(=O)O[C@@H](C)C(=O)Nc2ccc(S(N)(=O)=O)cc2)ccc1Cl. The lowest BCUT2D eigenvalue weighted by Crippen LogP contribution is -2.30. The number of carbonyl (C=O) groups is 2. The third-order valence-electron chi connectivity index (χ3n) is 4.05. The number of sulfonamides is 1. The Kier molecular flexibility index (Phi) is 8.22. The maximum absolute atomic E-state index is 12.1. The van der Waals surface area contributed by atoms with Gasteiger partial charge in [0.25, 0.3) is 5.91 Å². The number of nitrogens with one attached hydrogen (secondary N) is 1. The van der Waals surface area contributed by atoms with Crippen LogP contribution in [0, 0.1) is 6.92 Å². The van der Waals surface area contributed by atoms with E-state index in [1.165, 1.54) is 31.2 Å². The first-order chi connectivity index (χ1) is 14.1. The van der Waals surface area contributed by atoms with Gasteiger partial charge in [0, 0.05) is 17.1 Å². The summed E-state index contributed by atoms with van der Waals surface area (Å²) in [5.74, 6) is -0.413. The zero-order valence-corrected chi connectivity index (χ0v) is 18.1. The number of nitrogens with two attached hydrogens (primary N) is 1. The Balaban J connectivity index is 1.73. The molecule has 0 heterocycles. The van der Waals surface area contributed by atoms with Crippen molar-refractivity contribution in [1.29, 1.82) is 0 Å². The fraction of sp³-hybridized carbons (Fsp3) is 0.300. The first-order valence-corrected chi connectivity index (χ1v) is 11.0. The highest BCUT2D eigenvalue weighted by Crippen LogP contribution is 2.21. The average Bonchev–Trinajstić information content (AvgIpc) is 2.67. The molecular weight excluding hydrogens is 432 g/mol. The van der Waals surface area contributed by atoms with E-state index in [1.54, 1.807) is 12.1 Å². The summed E-state index contributed by atoms with van der Waals surface area (Å²) in [4.78, 5) is 24.0. The summed E-state index contributed by atoms with van der Waals surface area (Å²) in [6, 6.07) is 10.6. The quantitative estimate of drug-likeness (QED) is 0.443. The van der Waals surface area contributed by atoms with Crippen LogP contribution in [0.5, 0.6) is 5.75 Å². The fourth-order valence-electron chi connectivity index (χ4n) is 2.39. The maximum atomic E-state index is 12.1. The average molecular weight is 455 g/mol. The van der Waals surface area contributed by atoms with Crippen molar-refractivity contribution in [3.05, 3.63) is 53.1 Å². The predicted octanol–water partition coefficient (Wildman–Crippen LogP) is 3.03. The molecule has 0 saturated carbocycles. The van der Waals surface area contributed by atoms with Gasteiger partial charge in [-0.15, -0.1) is 0 Å². The van der Waals surface area contributed by atoms with Gasteiger partial charge in [0.05, 0.1) is 11.5 Å². The minimum Gasteiger partial charge on any atom is -0.494 e. The molecular formula is C20H23ClN2O6S. The molecule has 0 spiro atoms. The molecule has 0 radical (unpaired) electrons. The number of amides is 1. The topological polar surface area (TPSA) is 125 Å². The van der Waals surface area contributed by atoms with Crippen LogP contribution in [0.25, 0.3) is 0 Å². The van der Waals surface area contributed by atoms with Gasteiger partial charge in [0.2, 0.25) is 10.0 Å². The molecule has 8 nitrogen and oxygen atoms in total. The zero-order valence-electron chi connectivity index (χ0n) is 16.6. The molecule has 0 aliphatic rings. The van der Waals surface area contributed by atoms with Crippen molar-refractivity contribution in [3.8, 4) is 5.75 Å². The van der Waals surface area contributed by atoms with Gasteiger partial charge in [-0.3, -0.25) is 9.59 Å². The van der Waals surface area contributed by atoms with Crippen LogP contribution in [-0.2, 0) is 24.3 Å². The molecule has 1 amide bonds. The second-order valence-electron chi connectivity index (χ2n) is 6.55. The van der Waals surface area contributed by atoms with E-state index in [4.69, 9.17) is 26.2 Å². The van der Waals surface area contributed by atoms with E-state index in [0.717, 1.165) is 5.56 Å². The van der Waals surface area contributed by atoms with Gasteiger partial charge in [-0.25, -0.2) is 13.6 Å². The largest absolute Gasteiger partial charge is 0.494 e. The van der Waals surface area contributed by atoms with Crippen LogP contribution in [0.1, 0.15) is 25.3 Å². The molecule has 1 atom stereocenters. The van der Waals surface area contributed by atoms with Crippen molar-refractivity contribution in [2.45, 2.75) is 37.7 Å². The summed E-state index contributed by atoms with van der Waals surface area (Å²) in [6.07, 6.45) is -0.507. The van der Waals surface area contributed by atoms with E-state index in [0.29, 0.717) is 29.5 Å². The van der Waals surface area contributed by atoms with Gasteiger partial charge < -0.3 is 14.8 Å². The summed E-state index contributed by atoms with van der Waals surface area (Å²) in [5, 5.41) is 8.21. The number of carbonyl (C=O) groups excluding carboxylic acids is 2. The molecule has 2 rings (SSSR count). The second kappa shape index (κ2) is 10.4. The van der Waals surface area contributed by atoms with Crippen molar-refractivity contribution >= 4 is 39.2 Å². The number of hydrogen-bond acceptors (Lipinski definition) is 6. The zero-order chi connectivity index (χ0) is 22.3. The fourth-order valence-corrected chi connectivity index (χ4v) is 3.03. The van der Waals surface area contributed by atoms with E-state index >= 15 is 0 Å². The third kappa shape index (κ3) is 7.33. The maximum Gasteiger partial charge on any atom is 0.306 e. The molecule has 0 saturated heterocycles. The number of esters is 1. The van der Waals surface area contributed by atoms with E-state index in [-0.39, 0.29) is 11.3 Å². The van der Waals surface area contributed by atoms with Gasteiger partial charge in [0.1, 0.15) is 5.75 Å². The number of anilines is 1. The third-order valence-corrected chi connectivity index (χ3v) is 5.40. The van der Waals surface area contributed by atoms with Crippen LogP contribution in [0.2, 0.25) is 5.02 Å². The molecule has 2 aromatic carbocycles. The van der Waals surface area contributed by atoms with E-state index in [1.807, 2.05) is 13.0 Å². The minimum absolute atomic E-state index is 0.0732. The van der Waals surface area contributed by atoms with Crippen LogP contribution in [0.4, 0.5) is 5.69 Å². The van der Waals surface area contributed by atoms with Crippen LogP contribution >= 0.6 is 11.6 Å². The van der Waals surface area contributed by atoms with Crippen LogP contribution in [0.15, 0.2) is 47.4 Å². The van der Waals surface area contributed by atoms with Crippen molar-refractivity contribution in [1.82, 2.24) is 0 Å². The van der Waals surface area contributed by atoms with Crippen molar-refractivity contribution < 1.29 is 27.5 Å². The monoisotopic (exact) mass is 454 g/mol. The van der Waals surface area contributed by atoms with Gasteiger partial charge in [-0.05, 0) is 68.3 Å². The van der Waals surface area contributed by atoms with Crippen molar-refractivity contribution in [2.75, 3.05) is 11.9 Å². The predicted molar refractivity (Wildman–Crippen MR) is 113 cm³/mol. The summed E-state index contributed by atoms with van der Waals surface area (Å²) in [5.41, 5.74) is 1.25. The molecule has 30 heavy (non-hydrogen) atoms. The Bertz CT molecular complexity index is 1010. The molecule has 0 fully saturated rings. The second-order valence-corrected chi connectivity index (χ2v) is 8.52. The number of primary sulfonamides is 1. The standard InChI is InChI=1S/C20H23ClN2O6S/c1-13-12-16(7-10-18(13)21)28-11-3-4-19(24)29-14(2)20(25)23-15-5-8-17(9-6-15)30(22,26)27/h5-10,12,14H,3-4,11H2,1-2H3,(H,23,25)(H2,22,26,27)/t14-/m0/s1. The molecule has 162 valence electrons. The Labute approximate surface area is 180 Å². The number of halogens is 1. The van der Waals surface area contributed by atoms with Crippen LogP contribution < -0.4 is 15.2 Å². The minimum atomic E-state index is -3.81. The molecule has 0 unspecified atom stereocenters. The van der Waals surface area contributed by atoms with E-state index < -0.39 is 28.0 Å². The highest BCUT2D eigenvalue weighted by molar-refractivity contribution is 7.89. The van der Waals surface area contributed by atoms with Gasteiger partial charge in [0.15, 0.2) is 6.10 Å². The highest BCUT2D eigenvalue weighted by atomic mass is 35.5. The molecule has 3 N–H and O–H groups in total. The summed E-state index contributed by atoms with van der Waals surface area (Å²) in [6.45, 7) is 3.62. The van der Waals surface area contributed by atoms with Crippen LogP contribution in [-0.4, -0.2) is 33.0 Å². The lowest BCUT2D eigenvalue weighted by Gasteiger charge is -2.14. The molecule has 0 bridgehead atoms.